The van der Waals surface area contributed by atoms with E-state index >= 15 is 0 Å². The van der Waals surface area contributed by atoms with Crippen LogP contribution in [0, 0.1) is 5.92 Å². The Morgan fingerprint density at radius 2 is 1.95 bits per heavy atom. The van der Waals surface area contributed by atoms with Crippen LogP contribution in [0.5, 0.6) is 0 Å². The minimum absolute atomic E-state index is 0.0714. The first-order valence-corrected chi connectivity index (χ1v) is 7.73. The Morgan fingerprint density at radius 3 is 2.37 bits per heavy atom. The molecule has 0 spiro atoms. The average molecular weight is 288 g/mol. The van der Waals surface area contributed by atoms with Crippen molar-refractivity contribution in [3.8, 4) is 0 Å². The van der Waals surface area contributed by atoms with Crippen molar-refractivity contribution in [1.82, 2.24) is 9.80 Å². The van der Waals surface area contributed by atoms with Gasteiger partial charge in [-0.05, 0) is 26.7 Å². The third-order valence-corrected chi connectivity index (χ3v) is 4.38. The maximum absolute atomic E-state index is 12.6. The summed E-state index contributed by atoms with van der Waals surface area (Å²) in [7, 11) is 0. The summed E-state index contributed by atoms with van der Waals surface area (Å²) >= 11 is 1.52. The van der Waals surface area contributed by atoms with E-state index in [0.29, 0.717) is 18.2 Å². The first-order chi connectivity index (χ1) is 8.75. The summed E-state index contributed by atoms with van der Waals surface area (Å²) in [6.45, 7) is 10.6. The van der Waals surface area contributed by atoms with Gasteiger partial charge in [-0.25, -0.2) is 9.59 Å². The van der Waals surface area contributed by atoms with E-state index in [9.17, 15) is 14.7 Å². The van der Waals surface area contributed by atoms with Crippen LogP contribution in [0.15, 0.2) is 0 Å². The van der Waals surface area contributed by atoms with Crippen LogP contribution in [0.3, 0.4) is 0 Å². The van der Waals surface area contributed by atoms with Crippen molar-refractivity contribution in [3.63, 3.8) is 0 Å². The van der Waals surface area contributed by atoms with Crippen molar-refractivity contribution in [2.24, 2.45) is 5.92 Å². The second kappa shape index (κ2) is 6.50. The highest BCUT2D eigenvalue weighted by molar-refractivity contribution is 8.00. The molecule has 6 heteroatoms. The van der Waals surface area contributed by atoms with E-state index in [0.717, 1.165) is 0 Å². The molecule has 5 nitrogen and oxygen atoms in total. The zero-order chi connectivity index (χ0) is 14.7. The fourth-order valence-electron chi connectivity index (χ4n) is 2.18. The van der Waals surface area contributed by atoms with Gasteiger partial charge in [-0.3, -0.25) is 4.90 Å². The molecule has 1 heterocycles. The molecule has 0 aromatic heterocycles. The molecule has 2 unspecified atom stereocenters. The molecule has 2 atom stereocenters. The third kappa shape index (κ3) is 3.78. The maximum Gasteiger partial charge on any atom is 0.327 e. The molecule has 1 aliphatic rings. The molecule has 0 aromatic carbocycles. The second-order valence-electron chi connectivity index (χ2n) is 5.62. The number of carboxylic acid groups (broad SMARTS) is 1. The molecule has 0 radical (unpaired) electrons. The van der Waals surface area contributed by atoms with Crippen LogP contribution in [0.1, 0.15) is 34.6 Å². The van der Waals surface area contributed by atoms with E-state index in [-0.39, 0.29) is 17.4 Å². The minimum atomic E-state index is -0.918. The number of carbonyl (C=O) groups is 2. The van der Waals surface area contributed by atoms with Crippen LogP contribution >= 0.6 is 11.8 Å². The number of aliphatic carboxylic acids is 1. The summed E-state index contributed by atoms with van der Waals surface area (Å²) in [5, 5.41) is 9.15. The number of thioether (sulfide) groups is 1. The molecule has 1 fully saturated rings. The van der Waals surface area contributed by atoms with E-state index in [2.05, 4.69) is 13.8 Å². The lowest BCUT2D eigenvalue weighted by molar-refractivity contribution is -0.141. The molecule has 0 aromatic rings. The van der Waals surface area contributed by atoms with Gasteiger partial charge in [-0.1, -0.05) is 13.8 Å². The largest absolute Gasteiger partial charge is 0.480 e. The van der Waals surface area contributed by atoms with E-state index in [1.54, 1.807) is 4.90 Å². The number of rotatable bonds is 4. The van der Waals surface area contributed by atoms with Crippen LogP contribution in [0.4, 0.5) is 4.79 Å². The van der Waals surface area contributed by atoms with E-state index in [4.69, 9.17) is 0 Å². The maximum atomic E-state index is 12.6. The van der Waals surface area contributed by atoms with Gasteiger partial charge in [0.15, 0.2) is 0 Å². The second-order valence-corrected chi connectivity index (χ2v) is 6.97. The Morgan fingerprint density at radius 1 is 1.37 bits per heavy atom. The Labute approximate surface area is 119 Å². The number of amides is 2. The Bertz CT molecular complexity index is 347. The Balaban J connectivity index is 2.90. The van der Waals surface area contributed by atoms with Crippen LogP contribution in [-0.4, -0.2) is 56.7 Å². The van der Waals surface area contributed by atoms with Crippen molar-refractivity contribution in [2.45, 2.75) is 52.1 Å². The first kappa shape index (κ1) is 16.1. The third-order valence-electron chi connectivity index (χ3n) is 3.16. The first-order valence-electron chi connectivity index (χ1n) is 6.69. The van der Waals surface area contributed by atoms with E-state index in [1.165, 1.54) is 16.7 Å². The SMILES string of the molecule is CC(C)CN(C(=O)N1C(C)SCC1C(=O)O)C(C)C. The van der Waals surface area contributed by atoms with Crippen molar-refractivity contribution < 1.29 is 14.7 Å². The normalized spacial score (nSPS) is 23.2. The lowest BCUT2D eigenvalue weighted by Gasteiger charge is -2.35. The summed E-state index contributed by atoms with van der Waals surface area (Å²) < 4.78 is 0. The van der Waals surface area contributed by atoms with Gasteiger partial charge in [0.25, 0.3) is 0 Å². The van der Waals surface area contributed by atoms with Crippen LogP contribution < -0.4 is 0 Å². The molecule has 0 saturated carbocycles. The fraction of sp³-hybridized carbons (Fsp3) is 0.846. The number of hydrogen-bond acceptors (Lipinski definition) is 3. The highest BCUT2D eigenvalue weighted by Crippen LogP contribution is 2.30. The molecular weight excluding hydrogens is 264 g/mol. The molecule has 1 saturated heterocycles. The van der Waals surface area contributed by atoms with Gasteiger partial charge in [-0.15, -0.1) is 11.8 Å². The van der Waals surface area contributed by atoms with Crippen molar-refractivity contribution in [3.05, 3.63) is 0 Å². The highest BCUT2D eigenvalue weighted by atomic mass is 32.2. The average Bonchev–Trinajstić information content (AvgIpc) is 2.66. The number of carbonyl (C=O) groups excluding carboxylic acids is 1. The standard InChI is InChI=1S/C13H24N2O3S/c1-8(2)6-14(9(3)4)13(18)15-10(5)19-7-11(15)12(16)17/h8-11H,6-7H2,1-5H3,(H,16,17). The van der Waals surface area contributed by atoms with Crippen LogP contribution in [-0.2, 0) is 4.79 Å². The molecule has 1 aliphatic heterocycles. The van der Waals surface area contributed by atoms with Gasteiger partial charge in [0.05, 0.1) is 5.37 Å². The molecule has 19 heavy (non-hydrogen) atoms. The number of urea groups is 1. The summed E-state index contributed by atoms with van der Waals surface area (Å²) in [5.41, 5.74) is 0. The molecule has 2 amide bonds. The molecule has 1 N–H and O–H groups in total. The molecule has 1 rings (SSSR count). The van der Waals surface area contributed by atoms with Gasteiger partial charge in [0, 0.05) is 18.3 Å². The van der Waals surface area contributed by atoms with Gasteiger partial charge in [-0.2, -0.15) is 0 Å². The number of carboxylic acids is 1. The predicted molar refractivity (Wildman–Crippen MR) is 77.3 cm³/mol. The highest BCUT2D eigenvalue weighted by Gasteiger charge is 2.41. The minimum Gasteiger partial charge on any atom is -0.480 e. The molecule has 0 bridgehead atoms. The van der Waals surface area contributed by atoms with E-state index < -0.39 is 12.0 Å². The van der Waals surface area contributed by atoms with Gasteiger partial charge >= 0.3 is 12.0 Å². The van der Waals surface area contributed by atoms with Crippen molar-refractivity contribution in [1.29, 1.82) is 0 Å². The van der Waals surface area contributed by atoms with Crippen LogP contribution in [0.2, 0.25) is 0 Å². The summed E-state index contributed by atoms with van der Waals surface area (Å²) in [5.74, 6) is -0.0887. The Hall–Kier alpha value is -0.910. The zero-order valence-electron chi connectivity index (χ0n) is 12.3. The van der Waals surface area contributed by atoms with Gasteiger partial charge < -0.3 is 10.0 Å². The lowest BCUT2D eigenvalue weighted by atomic mass is 10.2. The molecular formula is C13H24N2O3S. The zero-order valence-corrected chi connectivity index (χ0v) is 13.1. The number of nitrogens with zero attached hydrogens (tertiary/aromatic N) is 2. The monoisotopic (exact) mass is 288 g/mol. The summed E-state index contributed by atoms with van der Waals surface area (Å²) in [6, 6.07) is -0.795. The van der Waals surface area contributed by atoms with Gasteiger partial charge in [0.1, 0.15) is 6.04 Å². The van der Waals surface area contributed by atoms with Gasteiger partial charge in [0.2, 0.25) is 0 Å². The van der Waals surface area contributed by atoms with Crippen molar-refractivity contribution in [2.75, 3.05) is 12.3 Å². The topological polar surface area (TPSA) is 60.9 Å². The lowest BCUT2D eigenvalue weighted by Crippen LogP contribution is -2.53. The van der Waals surface area contributed by atoms with Crippen molar-refractivity contribution >= 4 is 23.8 Å². The Kier molecular flexibility index (Phi) is 5.52. The fourth-order valence-corrected chi connectivity index (χ4v) is 3.34. The van der Waals surface area contributed by atoms with Crippen LogP contribution in [0.25, 0.3) is 0 Å². The van der Waals surface area contributed by atoms with E-state index in [1.807, 2.05) is 20.8 Å². The smallest absolute Gasteiger partial charge is 0.327 e. The summed E-state index contributed by atoms with van der Waals surface area (Å²) in [4.78, 5) is 27.1. The number of hydrogen-bond donors (Lipinski definition) is 1. The quantitative estimate of drug-likeness (QED) is 0.862. The molecule has 110 valence electrons. The summed E-state index contributed by atoms with van der Waals surface area (Å²) in [6.07, 6.45) is 0. The predicted octanol–water partition coefficient (Wildman–Crippen LogP) is 2.32. The molecule has 0 aliphatic carbocycles.